The summed E-state index contributed by atoms with van der Waals surface area (Å²) in [4.78, 5) is 62.2. The van der Waals surface area contributed by atoms with Gasteiger partial charge in [0, 0.05) is 17.9 Å². The predicted octanol–water partition coefficient (Wildman–Crippen LogP) is 2.56. The molecule has 2 aromatic rings. The highest BCUT2D eigenvalue weighted by Gasteiger charge is 2.44. The lowest BCUT2D eigenvalue weighted by Gasteiger charge is -2.27. The molecular formula is C23H18F3N3O5S. The molecule has 0 saturated carbocycles. The Kier molecular flexibility index (Phi) is 6.66. The van der Waals surface area contributed by atoms with Gasteiger partial charge in [-0.3, -0.25) is 34.2 Å². The van der Waals surface area contributed by atoms with Crippen molar-refractivity contribution in [3.05, 3.63) is 64.7 Å². The average Bonchev–Trinajstić information content (AvgIpc) is 3.03. The number of carbonyl (C=O) groups excluding carboxylic acids is 5. The van der Waals surface area contributed by atoms with Crippen molar-refractivity contribution in [3.63, 3.8) is 0 Å². The van der Waals surface area contributed by atoms with Gasteiger partial charge in [-0.05, 0) is 53.6 Å². The minimum absolute atomic E-state index is 0.0188. The highest BCUT2D eigenvalue weighted by molar-refractivity contribution is 8.00. The second kappa shape index (κ2) is 9.53. The summed E-state index contributed by atoms with van der Waals surface area (Å²) in [5.74, 6) is -2.81. The second-order valence-corrected chi connectivity index (χ2v) is 9.11. The van der Waals surface area contributed by atoms with E-state index in [-0.39, 0.29) is 59.5 Å². The molecule has 5 amide bonds. The van der Waals surface area contributed by atoms with Crippen LogP contribution in [0, 0.1) is 0 Å². The largest absolute Gasteiger partial charge is 0.446 e. The molecule has 0 radical (unpaired) electrons. The normalized spacial score (nSPS) is 17.9. The van der Waals surface area contributed by atoms with Crippen molar-refractivity contribution in [1.29, 1.82) is 0 Å². The molecule has 2 aromatic carbocycles. The van der Waals surface area contributed by atoms with Crippen molar-refractivity contribution in [3.8, 4) is 0 Å². The molecule has 12 heteroatoms. The van der Waals surface area contributed by atoms with Gasteiger partial charge < -0.3 is 5.32 Å². The molecule has 8 nitrogen and oxygen atoms in total. The zero-order chi connectivity index (χ0) is 25.3. The molecule has 4 rings (SSSR count). The fourth-order valence-corrected chi connectivity index (χ4v) is 4.43. The number of nitrogens with zero attached hydrogens (tertiary/aromatic N) is 1. The Morgan fingerprint density at radius 3 is 2.31 bits per heavy atom. The number of thioether (sulfide) groups is 1. The van der Waals surface area contributed by atoms with Crippen molar-refractivity contribution in [2.24, 2.45) is 0 Å². The van der Waals surface area contributed by atoms with E-state index in [1.165, 1.54) is 36.4 Å². The minimum Gasteiger partial charge on any atom is -0.352 e. The summed E-state index contributed by atoms with van der Waals surface area (Å²) >= 11 is -0.237. The molecule has 0 aromatic heterocycles. The van der Waals surface area contributed by atoms with Crippen LogP contribution in [0.5, 0.6) is 0 Å². The van der Waals surface area contributed by atoms with E-state index in [4.69, 9.17) is 0 Å². The molecule has 0 bridgehead atoms. The number of rotatable bonds is 6. The Hall–Kier alpha value is -3.67. The van der Waals surface area contributed by atoms with Crippen LogP contribution in [-0.2, 0) is 27.3 Å². The number of alkyl halides is 3. The molecule has 182 valence electrons. The SMILES string of the molecule is O=C(Cc1ccc(SC(F)(F)F)cc1)NCc1ccc2c(c1)C(=O)N(C1CCC(=O)NC1=O)C2=O. The third-order valence-electron chi connectivity index (χ3n) is 5.52. The molecule has 35 heavy (non-hydrogen) atoms. The van der Waals surface area contributed by atoms with Gasteiger partial charge >= 0.3 is 5.51 Å². The summed E-state index contributed by atoms with van der Waals surface area (Å²) in [6.45, 7) is 0.0496. The van der Waals surface area contributed by atoms with Crippen LogP contribution in [0.15, 0.2) is 47.4 Å². The minimum atomic E-state index is -4.39. The van der Waals surface area contributed by atoms with Crippen molar-refractivity contribution in [2.75, 3.05) is 0 Å². The molecule has 1 saturated heterocycles. The number of carbonyl (C=O) groups is 5. The Labute approximate surface area is 201 Å². The number of hydrogen-bond acceptors (Lipinski definition) is 6. The Morgan fingerprint density at radius 1 is 1.00 bits per heavy atom. The fourth-order valence-electron chi connectivity index (χ4n) is 3.89. The van der Waals surface area contributed by atoms with Gasteiger partial charge in [-0.2, -0.15) is 13.2 Å². The molecule has 0 aliphatic carbocycles. The molecule has 0 spiro atoms. The van der Waals surface area contributed by atoms with Crippen molar-refractivity contribution in [1.82, 2.24) is 15.5 Å². The first-order chi connectivity index (χ1) is 16.5. The number of halogens is 3. The highest BCUT2D eigenvalue weighted by Crippen LogP contribution is 2.36. The summed E-state index contributed by atoms with van der Waals surface area (Å²) in [6.07, 6.45) is 0.0164. The van der Waals surface area contributed by atoms with Crippen LogP contribution in [0.25, 0.3) is 0 Å². The third kappa shape index (κ3) is 5.53. The maximum absolute atomic E-state index is 12.9. The predicted molar refractivity (Wildman–Crippen MR) is 117 cm³/mol. The van der Waals surface area contributed by atoms with Gasteiger partial charge in [0.15, 0.2) is 0 Å². The lowest BCUT2D eigenvalue weighted by atomic mass is 10.0. The summed E-state index contributed by atoms with van der Waals surface area (Å²) < 4.78 is 37.2. The van der Waals surface area contributed by atoms with Gasteiger partial charge in [-0.15, -0.1) is 0 Å². The maximum Gasteiger partial charge on any atom is 0.446 e. The first-order valence-corrected chi connectivity index (χ1v) is 11.3. The van der Waals surface area contributed by atoms with Crippen molar-refractivity contribution >= 4 is 41.3 Å². The first-order valence-electron chi connectivity index (χ1n) is 10.5. The lowest BCUT2D eigenvalue weighted by Crippen LogP contribution is -2.54. The zero-order valence-corrected chi connectivity index (χ0v) is 18.8. The molecule has 1 atom stereocenters. The van der Waals surface area contributed by atoms with E-state index < -0.39 is 35.2 Å². The van der Waals surface area contributed by atoms with Crippen LogP contribution >= 0.6 is 11.8 Å². The second-order valence-electron chi connectivity index (χ2n) is 7.97. The van der Waals surface area contributed by atoms with E-state index in [1.54, 1.807) is 6.07 Å². The zero-order valence-electron chi connectivity index (χ0n) is 18.0. The molecule has 2 aliphatic heterocycles. The highest BCUT2D eigenvalue weighted by atomic mass is 32.2. The van der Waals surface area contributed by atoms with E-state index in [2.05, 4.69) is 10.6 Å². The lowest BCUT2D eigenvalue weighted by molar-refractivity contribution is -0.136. The van der Waals surface area contributed by atoms with Crippen LogP contribution in [0.4, 0.5) is 13.2 Å². The number of nitrogens with one attached hydrogen (secondary N) is 2. The monoisotopic (exact) mass is 505 g/mol. The van der Waals surface area contributed by atoms with Gasteiger partial charge in [0.25, 0.3) is 11.8 Å². The smallest absolute Gasteiger partial charge is 0.352 e. The van der Waals surface area contributed by atoms with Crippen LogP contribution in [0.1, 0.15) is 44.7 Å². The number of fused-ring (bicyclic) bond motifs is 1. The van der Waals surface area contributed by atoms with Crippen LogP contribution in [0.2, 0.25) is 0 Å². The summed E-state index contributed by atoms with van der Waals surface area (Å²) in [7, 11) is 0. The Bertz CT molecular complexity index is 1230. The number of piperidine rings is 1. The molecule has 2 N–H and O–H groups in total. The summed E-state index contributed by atoms with van der Waals surface area (Å²) in [6, 6.07) is 8.88. The van der Waals surface area contributed by atoms with Crippen molar-refractivity contribution < 1.29 is 37.1 Å². The maximum atomic E-state index is 12.9. The van der Waals surface area contributed by atoms with Crippen LogP contribution < -0.4 is 10.6 Å². The third-order valence-corrected chi connectivity index (χ3v) is 6.25. The van der Waals surface area contributed by atoms with Gasteiger partial charge in [0.1, 0.15) is 6.04 Å². The molecule has 2 heterocycles. The topological polar surface area (TPSA) is 113 Å². The summed E-state index contributed by atoms with van der Waals surface area (Å²) in [5, 5.41) is 4.80. The molecule has 2 aliphatic rings. The number of imide groups is 2. The number of benzene rings is 2. The van der Waals surface area contributed by atoms with Gasteiger partial charge in [-0.25, -0.2) is 0 Å². The molecule has 1 fully saturated rings. The Balaban J connectivity index is 1.37. The van der Waals surface area contributed by atoms with E-state index in [1.807, 2.05) is 0 Å². The molecule has 1 unspecified atom stereocenters. The van der Waals surface area contributed by atoms with E-state index in [0.29, 0.717) is 11.1 Å². The van der Waals surface area contributed by atoms with Crippen LogP contribution in [0.3, 0.4) is 0 Å². The average molecular weight is 505 g/mol. The standard InChI is InChI=1S/C23H18F3N3O5S/c24-23(25,26)35-14-4-1-12(2-5-14)10-19(31)27-11-13-3-6-15-16(9-13)22(34)29(21(15)33)17-7-8-18(30)28-20(17)32/h1-6,9,17H,7-8,10-11H2,(H,27,31)(H,28,30,32). The van der Waals surface area contributed by atoms with E-state index in [0.717, 1.165) is 4.90 Å². The fraction of sp³-hybridized carbons (Fsp3) is 0.261. The first kappa shape index (κ1) is 24.5. The van der Waals surface area contributed by atoms with E-state index >= 15 is 0 Å². The van der Waals surface area contributed by atoms with Gasteiger partial charge in [0.2, 0.25) is 17.7 Å². The van der Waals surface area contributed by atoms with E-state index in [9.17, 15) is 37.1 Å². The quantitative estimate of drug-likeness (QED) is 0.461. The van der Waals surface area contributed by atoms with Crippen LogP contribution in [-0.4, -0.2) is 46.0 Å². The van der Waals surface area contributed by atoms with Crippen molar-refractivity contribution in [2.45, 2.75) is 42.3 Å². The number of hydrogen-bond donors (Lipinski definition) is 2. The Morgan fingerprint density at radius 2 is 1.66 bits per heavy atom. The van der Waals surface area contributed by atoms with Gasteiger partial charge in [-0.1, -0.05) is 18.2 Å². The van der Waals surface area contributed by atoms with Gasteiger partial charge in [0.05, 0.1) is 17.5 Å². The number of amides is 5. The summed E-state index contributed by atoms with van der Waals surface area (Å²) in [5.41, 5.74) is -3.08. The molecular weight excluding hydrogens is 487 g/mol.